The third kappa shape index (κ3) is 5.75. The van der Waals surface area contributed by atoms with E-state index in [0.29, 0.717) is 13.1 Å². The molecule has 1 aliphatic heterocycles. The van der Waals surface area contributed by atoms with E-state index in [1.807, 2.05) is 79.7 Å². The molecule has 1 saturated heterocycles. The average Bonchev–Trinajstić information content (AvgIpc) is 3.37. The van der Waals surface area contributed by atoms with Crippen molar-refractivity contribution in [2.45, 2.75) is 18.9 Å². The smallest absolute Gasteiger partial charge is 0.407 e. The number of hydrogen-bond acceptors (Lipinski definition) is 3. The lowest BCUT2D eigenvalue weighted by atomic mass is 9.89. The van der Waals surface area contributed by atoms with Gasteiger partial charge in [0, 0.05) is 30.6 Å². The third-order valence-electron chi connectivity index (χ3n) is 7.03. The summed E-state index contributed by atoms with van der Waals surface area (Å²) in [4.78, 5) is 27.6. The van der Waals surface area contributed by atoms with Gasteiger partial charge in [-0.25, -0.2) is 9.59 Å². The highest BCUT2D eigenvalue weighted by Gasteiger charge is 2.37. The number of rotatable bonds is 6. The highest BCUT2D eigenvalue weighted by atomic mass is 16.5. The minimum absolute atomic E-state index is 0.0115. The van der Waals surface area contributed by atoms with Gasteiger partial charge in [0.25, 0.3) is 0 Å². The second kappa shape index (κ2) is 11.2. The fraction of sp³-hybridized carbons (Fsp3) is 0.226. The molecule has 188 valence electrons. The number of urea groups is 1. The molecule has 1 aliphatic rings. The molecule has 37 heavy (non-hydrogen) atoms. The first kappa shape index (κ1) is 24.4. The summed E-state index contributed by atoms with van der Waals surface area (Å²) < 4.78 is 5.72. The number of fused-ring (bicyclic) bond motifs is 1. The number of carbonyl (C=O) groups is 2. The molecule has 6 nitrogen and oxygen atoms in total. The number of likely N-dealkylation sites (tertiary alicyclic amines) is 1. The average molecular weight is 494 g/mol. The van der Waals surface area contributed by atoms with Gasteiger partial charge in [-0.1, -0.05) is 91.0 Å². The van der Waals surface area contributed by atoms with Gasteiger partial charge < -0.3 is 20.3 Å². The SMILES string of the molecule is C[C@@H](NC(=O)OCC1CN(C(=O)Nc2ccccc2)CC1c1ccccc1)c1cccc2ccccc12. The van der Waals surface area contributed by atoms with Gasteiger partial charge in [-0.2, -0.15) is 0 Å². The van der Waals surface area contributed by atoms with E-state index in [0.717, 1.165) is 27.6 Å². The first-order valence-corrected chi connectivity index (χ1v) is 12.7. The number of nitrogens with zero attached hydrogens (tertiary/aromatic N) is 1. The van der Waals surface area contributed by atoms with Crippen LogP contribution in [0.4, 0.5) is 15.3 Å². The standard InChI is InChI=1S/C31H31N3O3/c1-22(27-18-10-14-23-13-8-9-17-28(23)27)32-31(36)37-21-25-19-34(20-29(25)24-11-4-2-5-12-24)30(35)33-26-15-6-3-7-16-26/h2-18,22,25,29H,19-21H2,1H3,(H,32,36)(H,33,35)/t22-,25?,29?/m1/s1. The van der Waals surface area contributed by atoms with Crippen LogP contribution >= 0.6 is 0 Å². The van der Waals surface area contributed by atoms with Gasteiger partial charge in [0.15, 0.2) is 0 Å². The van der Waals surface area contributed by atoms with Crippen LogP contribution in [-0.2, 0) is 4.74 Å². The Morgan fingerprint density at radius 2 is 1.54 bits per heavy atom. The molecule has 2 unspecified atom stereocenters. The normalized spacial score (nSPS) is 17.8. The molecule has 0 saturated carbocycles. The predicted octanol–water partition coefficient (Wildman–Crippen LogP) is 6.57. The van der Waals surface area contributed by atoms with Gasteiger partial charge in [0.1, 0.15) is 0 Å². The van der Waals surface area contributed by atoms with E-state index >= 15 is 0 Å². The van der Waals surface area contributed by atoms with E-state index in [1.54, 1.807) is 4.90 Å². The lowest BCUT2D eigenvalue weighted by molar-refractivity contribution is 0.122. The monoisotopic (exact) mass is 493 g/mol. The lowest BCUT2D eigenvalue weighted by Crippen LogP contribution is -2.34. The van der Waals surface area contributed by atoms with Crippen LogP contribution in [0.1, 0.15) is 30.0 Å². The molecule has 2 N–H and O–H groups in total. The van der Waals surface area contributed by atoms with Crippen molar-refractivity contribution in [3.8, 4) is 0 Å². The predicted molar refractivity (Wildman–Crippen MR) is 147 cm³/mol. The van der Waals surface area contributed by atoms with E-state index < -0.39 is 6.09 Å². The van der Waals surface area contributed by atoms with Crippen molar-refractivity contribution in [2.24, 2.45) is 5.92 Å². The van der Waals surface area contributed by atoms with Crippen molar-refractivity contribution in [1.29, 1.82) is 0 Å². The van der Waals surface area contributed by atoms with Crippen molar-refractivity contribution in [1.82, 2.24) is 10.2 Å². The number of amides is 3. The van der Waals surface area contributed by atoms with Gasteiger partial charge in [0.05, 0.1) is 12.6 Å². The van der Waals surface area contributed by atoms with Crippen molar-refractivity contribution >= 4 is 28.6 Å². The Kier molecular flexibility index (Phi) is 7.36. The van der Waals surface area contributed by atoms with E-state index in [1.165, 1.54) is 0 Å². The molecule has 4 aromatic carbocycles. The highest BCUT2D eigenvalue weighted by Crippen LogP contribution is 2.33. The topological polar surface area (TPSA) is 70.7 Å². The minimum Gasteiger partial charge on any atom is -0.449 e. The minimum atomic E-state index is -0.459. The number of hydrogen-bond donors (Lipinski definition) is 2. The summed E-state index contributed by atoms with van der Waals surface area (Å²) in [5.74, 6) is 0.0635. The molecule has 0 radical (unpaired) electrons. The molecular weight excluding hydrogens is 462 g/mol. The number of nitrogens with one attached hydrogen (secondary N) is 2. The number of benzene rings is 4. The second-order valence-corrected chi connectivity index (χ2v) is 9.51. The van der Waals surface area contributed by atoms with Crippen molar-refractivity contribution in [2.75, 3.05) is 25.0 Å². The van der Waals surface area contributed by atoms with Crippen molar-refractivity contribution < 1.29 is 14.3 Å². The molecule has 3 atom stereocenters. The molecule has 5 rings (SSSR count). The largest absolute Gasteiger partial charge is 0.449 e. The van der Waals surface area contributed by atoms with E-state index in [2.05, 4.69) is 41.0 Å². The summed E-state index contributed by atoms with van der Waals surface area (Å²) in [6, 6.07) is 33.4. The number of ether oxygens (including phenoxy) is 1. The maximum absolute atomic E-state index is 13.0. The molecule has 0 bridgehead atoms. The zero-order valence-electron chi connectivity index (χ0n) is 20.8. The number of para-hydroxylation sites is 1. The van der Waals surface area contributed by atoms with Crippen LogP contribution in [0.25, 0.3) is 10.8 Å². The van der Waals surface area contributed by atoms with E-state index in [9.17, 15) is 9.59 Å². The molecule has 0 aliphatic carbocycles. The Bertz CT molecular complexity index is 1350. The summed E-state index contributed by atoms with van der Waals surface area (Å²) in [5, 5.41) is 8.19. The third-order valence-corrected chi connectivity index (χ3v) is 7.03. The van der Waals surface area contributed by atoms with Crippen LogP contribution in [0.3, 0.4) is 0 Å². The van der Waals surface area contributed by atoms with Crippen LogP contribution in [0.2, 0.25) is 0 Å². The molecule has 0 aromatic heterocycles. The van der Waals surface area contributed by atoms with E-state index in [4.69, 9.17) is 4.74 Å². The van der Waals surface area contributed by atoms with Gasteiger partial charge in [-0.15, -0.1) is 0 Å². The van der Waals surface area contributed by atoms with Crippen molar-refractivity contribution in [3.63, 3.8) is 0 Å². The Balaban J connectivity index is 1.24. The summed E-state index contributed by atoms with van der Waals surface area (Å²) in [7, 11) is 0. The summed E-state index contributed by atoms with van der Waals surface area (Å²) in [5.41, 5.74) is 2.93. The Labute approximate surface area is 217 Å². The molecule has 4 aromatic rings. The summed E-state index contributed by atoms with van der Waals surface area (Å²) >= 11 is 0. The summed E-state index contributed by atoms with van der Waals surface area (Å²) in [6.45, 7) is 3.25. The van der Waals surface area contributed by atoms with Crippen LogP contribution in [-0.4, -0.2) is 36.7 Å². The zero-order valence-corrected chi connectivity index (χ0v) is 20.8. The van der Waals surface area contributed by atoms with Crippen molar-refractivity contribution in [3.05, 3.63) is 114 Å². The lowest BCUT2D eigenvalue weighted by Gasteiger charge is -2.20. The van der Waals surface area contributed by atoms with E-state index in [-0.39, 0.29) is 30.5 Å². The van der Waals surface area contributed by atoms with Crippen LogP contribution in [0, 0.1) is 5.92 Å². The molecular formula is C31H31N3O3. The molecule has 1 fully saturated rings. The first-order valence-electron chi connectivity index (χ1n) is 12.7. The van der Waals surface area contributed by atoms with Crippen LogP contribution < -0.4 is 10.6 Å². The quantitative estimate of drug-likeness (QED) is 0.319. The molecule has 3 amide bonds. The van der Waals surface area contributed by atoms with Gasteiger partial charge in [-0.3, -0.25) is 0 Å². The molecule has 1 heterocycles. The fourth-order valence-corrected chi connectivity index (χ4v) is 5.11. The van der Waals surface area contributed by atoms with Gasteiger partial charge in [-0.05, 0) is 41.0 Å². The van der Waals surface area contributed by atoms with Gasteiger partial charge >= 0.3 is 12.1 Å². The van der Waals surface area contributed by atoms with Gasteiger partial charge in [0.2, 0.25) is 0 Å². The zero-order chi connectivity index (χ0) is 25.6. The second-order valence-electron chi connectivity index (χ2n) is 9.51. The number of anilines is 1. The molecule has 0 spiro atoms. The maximum Gasteiger partial charge on any atom is 0.407 e. The highest BCUT2D eigenvalue weighted by molar-refractivity contribution is 5.89. The Morgan fingerprint density at radius 1 is 0.865 bits per heavy atom. The fourth-order valence-electron chi connectivity index (χ4n) is 5.11. The van der Waals surface area contributed by atoms with Crippen LogP contribution in [0.15, 0.2) is 103 Å². The molecule has 6 heteroatoms. The Hall–Kier alpha value is -4.32. The first-order chi connectivity index (χ1) is 18.1. The number of carbonyl (C=O) groups excluding carboxylic acids is 2. The van der Waals surface area contributed by atoms with Crippen LogP contribution in [0.5, 0.6) is 0 Å². The maximum atomic E-state index is 13.0. The number of alkyl carbamates (subject to hydrolysis) is 1. The summed E-state index contributed by atoms with van der Waals surface area (Å²) in [6.07, 6.45) is -0.459. The Morgan fingerprint density at radius 3 is 2.32 bits per heavy atom.